The number of nitrogen functional groups attached to an aromatic ring is 1. The van der Waals surface area contributed by atoms with Gasteiger partial charge in [0.1, 0.15) is 0 Å². The molecule has 17 heavy (non-hydrogen) atoms. The van der Waals surface area contributed by atoms with E-state index in [1.807, 2.05) is 19.0 Å². The number of hydrogen-bond donors (Lipinski definition) is 1. The molecule has 1 unspecified atom stereocenters. The third-order valence-corrected chi connectivity index (χ3v) is 5.80. The molecule has 1 aromatic heterocycles. The average molecular weight is 277 g/mol. The summed E-state index contributed by atoms with van der Waals surface area (Å²) in [6.45, 7) is 1.01. The van der Waals surface area contributed by atoms with E-state index in [9.17, 15) is 8.42 Å². The molecule has 96 valence electrons. The van der Waals surface area contributed by atoms with Gasteiger partial charge in [-0.3, -0.25) is 0 Å². The number of likely N-dealkylation sites (N-methyl/N-ethyl adjacent to an activating group) is 1. The van der Waals surface area contributed by atoms with Gasteiger partial charge in [0.05, 0.1) is 0 Å². The Morgan fingerprint density at radius 3 is 2.65 bits per heavy atom. The fraction of sp³-hybridized carbons (Fsp3) is 0.750. The molecule has 0 saturated carbocycles. The molecule has 1 aliphatic rings. The molecule has 1 aliphatic heterocycles. The van der Waals surface area contributed by atoms with E-state index in [1.165, 1.54) is 4.31 Å². The topological polar surface area (TPSA) is 92.4 Å². The molecule has 1 aromatic rings. The lowest BCUT2D eigenvalue weighted by molar-refractivity contribution is 0.302. The Labute approximate surface area is 104 Å². The van der Waals surface area contributed by atoms with Gasteiger partial charge in [-0.05, 0) is 20.5 Å². The third-order valence-electron chi connectivity index (χ3n) is 2.84. The fourth-order valence-corrected chi connectivity index (χ4v) is 4.20. The zero-order chi connectivity index (χ0) is 12.6. The van der Waals surface area contributed by atoms with Gasteiger partial charge in [0.25, 0.3) is 10.0 Å². The molecule has 0 aliphatic carbocycles. The van der Waals surface area contributed by atoms with Crippen LogP contribution >= 0.6 is 11.3 Å². The molecule has 0 aromatic carbocycles. The van der Waals surface area contributed by atoms with Gasteiger partial charge >= 0.3 is 0 Å². The molecule has 0 amide bonds. The summed E-state index contributed by atoms with van der Waals surface area (Å²) in [5.74, 6) is 0. The van der Waals surface area contributed by atoms with E-state index >= 15 is 0 Å². The first kappa shape index (κ1) is 12.7. The highest BCUT2D eigenvalue weighted by Crippen LogP contribution is 2.25. The Hall–Kier alpha value is -0.770. The van der Waals surface area contributed by atoms with Gasteiger partial charge in [0.2, 0.25) is 9.47 Å². The molecule has 1 atom stereocenters. The zero-order valence-corrected chi connectivity index (χ0v) is 11.3. The molecule has 7 nitrogen and oxygen atoms in total. The molecular weight excluding hydrogens is 262 g/mol. The van der Waals surface area contributed by atoms with Crippen LogP contribution in [0.3, 0.4) is 0 Å². The van der Waals surface area contributed by atoms with Crippen LogP contribution in [0.15, 0.2) is 4.34 Å². The quantitative estimate of drug-likeness (QED) is 0.796. The van der Waals surface area contributed by atoms with Crippen LogP contribution in [0.1, 0.15) is 6.42 Å². The summed E-state index contributed by atoms with van der Waals surface area (Å²) in [7, 11) is 0.384. The predicted molar refractivity (Wildman–Crippen MR) is 65.2 cm³/mol. The molecule has 0 spiro atoms. The largest absolute Gasteiger partial charge is 0.374 e. The lowest BCUT2D eigenvalue weighted by Gasteiger charge is -2.19. The highest BCUT2D eigenvalue weighted by molar-refractivity contribution is 7.91. The maximum Gasteiger partial charge on any atom is 0.272 e. The summed E-state index contributed by atoms with van der Waals surface area (Å²) in [6, 6.07) is 0.259. The smallest absolute Gasteiger partial charge is 0.272 e. The monoisotopic (exact) mass is 277 g/mol. The van der Waals surface area contributed by atoms with Gasteiger partial charge in [-0.25, -0.2) is 8.42 Å². The zero-order valence-electron chi connectivity index (χ0n) is 9.70. The van der Waals surface area contributed by atoms with Crippen LogP contribution in [0.5, 0.6) is 0 Å². The van der Waals surface area contributed by atoms with Crippen LogP contribution < -0.4 is 5.73 Å². The van der Waals surface area contributed by atoms with E-state index in [0.717, 1.165) is 17.8 Å². The van der Waals surface area contributed by atoms with Crippen molar-refractivity contribution in [2.45, 2.75) is 16.8 Å². The molecule has 0 bridgehead atoms. The van der Waals surface area contributed by atoms with Crippen LogP contribution in [-0.2, 0) is 10.0 Å². The Morgan fingerprint density at radius 2 is 2.18 bits per heavy atom. The summed E-state index contributed by atoms with van der Waals surface area (Å²) in [4.78, 5) is 2.03. The first-order chi connectivity index (χ1) is 7.91. The minimum atomic E-state index is -3.51. The molecule has 1 saturated heterocycles. The summed E-state index contributed by atoms with van der Waals surface area (Å²) in [6.07, 6.45) is 0.834. The molecule has 2 rings (SSSR count). The first-order valence-electron chi connectivity index (χ1n) is 5.17. The Bertz CT molecular complexity index is 498. The van der Waals surface area contributed by atoms with Gasteiger partial charge in [-0.1, -0.05) is 11.3 Å². The molecule has 0 radical (unpaired) electrons. The van der Waals surface area contributed by atoms with E-state index < -0.39 is 10.0 Å². The van der Waals surface area contributed by atoms with Crippen LogP contribution in [-0.4, -0.2) is 61.0 Å². The summed E-state index contributed by atoms with van der Waals surface area (Å²) < 4.78 is 25.8. The normalized spacial score (nSPS) is 22.4. The van der Waals surface area contributed by atoms with Crippen molar-refractivity contribution >= 4 is 26.5 Å². The van der Waals surface area contributed by atoms with E-state index in [0.29, 0.717) is 13.1 Å². The molecule has 9 heteroatoms. The number of hydrogen-bond acceptors (Lipinski definition) is 7. The van der Waals surface area contributed by atoms with E-state index in [-0.39, 0.29) is 15.5 Å². The Balaban J connectivity index is 2.18. The van der Waals surface area contributed by atoms with Crippen molar-refractivity contribution in [1.82, 2.24) is 19.4 Å². The van der Waals surface area contributed by atoms with Crippen molar-refractivity contribution in [2.75, 3.05) is 32.9 Å². The maximum atomic E-state index is 12.2. The maximum absolute atomic E-state index is 12.2. The highest BCUT2D eigenvalue weighted by atomic mass is 32.2. The predicted octanol–water partition coefficient (Wildman–Crippen LogP) is -0.555. The molecule has 2 heterocycles. The van der Waals surface area contributed by atoms with Crippen molar-refractivity contribution < 1.29 is 8.42 Å². The van der Waals surface area contributed by atoms with Crippen LogP contribution in [0, 0.1) is 0 Å². The van der Waals surface area contributed by atoms with Gasteiger partial charge in [0.15, 0.2) is 0 Å². The van der Waals surface area contributed by atoms with Crippen LogP contribution in [0.2, 0.25) is 0 Å². The second kappa shape index (κ2) is 4.48. The standard InChI is InChI=1S/C8H15N5O2S2/c1-12(2)6-3-4-13(5-6)17(14,15)8-11-10-7(9)16-8/h6H,3-5H2,1-2H3,(H2,9,10). The third kappa shape index (κ3) is 2.41. The molecule has 2 N–H and O–H groups in total. The number of nitrogens with two attached hydrogens (primary N) is 1. The molecule has 1 fully saturated rings. The van der Waals surface area contributed by atoms with Crippen molar-refractivity contribution in [1.29, 1.82) is 0 Å². The van der Waals surface area contributed by atoms with E-state index in [1.54, 1.807) is 0 Å². The van der Waals surface area contributed by atoms with Crippen LogP contribution in [0.25, 0.3) is 0 Å². The average Bonchev–Trinajstić information content (AvgIpc) is 2.85. The SMILES string of the molecule is CN(C)C1CCN(S(=O)(=O)c2nnc(N)s2)C1. The second-order valence-electron chi connectivity index (χ2n) is 4.18. The van der Waals surface area contributed by atoms with Gasteiger partial charge in [0, 0.05) is 19.1 Å². The number of nitrogens with zero attached hydrogens (tertiary/aromatic N) is 4. The Morgan fingerprint density at radius 1 is 1.47 bits per heavy atom. The number of anilines is 1. The highest BCUT2D eigenvalue weighted by Gasteiger charge is 2.35. The minimum Gasteiger partial charge on any atom is -0.374 e. The van der Waals surface area contributed by atoms with E-state index in [4.69, 9.17) is 5.73 Å². The van der Waals surface area contributed by atoms with Crippen molar-refractivity contribution in [3.63, 3.8) is 0 Å². The Kier molecular flexibility index (Phi) is 3.34. The summed E-state index contributed by atoms with van der Waals surface area (Å²) in [5.41, 5.74) is 5.40. The minimum absolute atomic E-state index is 0.0191. The molecular formula is C8H15N5O2S2. The van der Waals surface area contributed by atoms with Crippen molar-refractivity contribution in [2.24, 2.45) is 0 Å². The van der Waals surface area contributed by atoms with Crippen molar-refractivity contribution in [3.8, 4) is 0 Å². The summed E-state index contributed by atoms with van der Waals surface area (Å²) in [5, 5.41) is 7.31. The fourth-order valence-electron chi connectivity index (χ4n) is 1.79. The lowest BCUT2D eigenvalue weighted by atomic mass is 10.2. The van der Waals surface area contributed by atoms with Crippen LogP contribution in [0.4, 0.5) is 5.13 Å². The summed E-state index contributed by atoms with van der Waals surface area (Å²) >= 11 is 0.903. The second-order valence-corrected chi connectivity index (χ2v) is 7.30. The number of sulfonamides is 1. The lowest BCUT2D eigenvalue weighted by Crippen LogP contribution is -2.34. The van der Waals surface area contributed by atoms with Gasteiger partial charge in [-0.15, -0.1) is 10.2 Å². The van der Waals surface area contributed by atoms with Gasteiger partial charge in [-0.2, -0.15) is 4.31 Å². The van der Waals surface area contributed by atoms with E-state index in [2.05, 4.69) is 10.2 Å². The van der Waals surface area contributed by atoms with Gasteiger partial charge < -0.3 is 10.6 Å². The first-order valence-corrected chi connectivity index (χ1v) is 7.42. The number of rotatable bonds is 3. The van der Waals surface area contributed by atoms with Crippen molar-refractivity contribution in [3.05, 3.63) is 0 Å². The number of aromatic nitrogens is 2.